The van der Waals surface area contributed by atoms with Crippen LogP contribution in [0.5, 0.6) is 5.75 Å². The van der Waals surface area contributed by atoms with Crippen LogP contribution in [0.15, 0.2) is 48.5 Å². The highest BCUT2D eigenvalue weighted by Gasteiger charge is 2.39. The number of nitrogens with zero attached hydrogens (tertiary/aromatic N) is 2. The van der Waals surface area contributed by atoms with Crippen LogP contribution in [0.25, 0.3) is 0 Å². The van der Waals surface area contributed by atoms with Gasteiger partial charge in [0.2, 0.25) is 10.0 Å². The molecule has 0 bridgehead atoms. The summed E-state index contributed by atoms with van der Waals surface area (Å²) in [5.74, 6) is 0.178. The maximum Gasteiger partial charge on any atom is 0.269 e. The Labute approximate surface area is 153 Å². The molecule has 136 valence electrons. The average molecular weight is 372 g/mol. The Morgan fingerprint density at radius 1 is 1.12 bits per heavy atom. The molecule has 0 aromatic heterocycles. The van der Waals surface area contributed by atoms with Crippen LogP contribution < -0.4 is 13.9 Å². The Bertz CT molecular complexity index is 958. The normalized spacial score (nSPS) is 18.9. The Hall–Kier alpha value is -2.54. The molecule has 26 heavy (non-hydrogen) atoms. The summed E-state index contributed by atoms with van der Waals surface area (Å²) in [7, 11) is -3.50. The van der Waals surface area contributed by atoms with Crippen molar-refractivity contribution in [2.45, 2.75) is 19.4 Å². The number of hydrogen-bond acceptors (Lipinski definition) is 4. The van der Waals surface area contributed by atoms with Crippen molar-refractivity contribution in [1.82, 2.24) is 0 Å². The van der Waals surface area contributed by atoms with E-state index in [4.69, 9.17) is 4.74 Å². The van der Waals surface area contributed by atoms with Crippen molar-refractivity contribution >= 4 is 27.3 Å². The summed E-state index contributed by atoms with van der Waals surface area (Å²) < 4.78 is 32.3. The van der Waals surface area contributed by atoms with E-state index in [0.717, 1.165) is 17.7 Å². The smallest absolute Gasteiger partial charge is 0.269 e. The molecule has 4 rings (SSSR count). The standard InChI is InChI=1S/C19H20N2O4S/c1-2-26(23,24)21-13-18(25-17-10-6-5-9-16(17)21)19(22)20-12-11-14-7-3-4-8-15(14)20/h3-10,18H,2,11-13H2,1H3/t18-/m0/s1. The zero-order chi connectivity index (χ0) is 18.3. The van der Waals surface area contributed by atoms with E-state index in [9.17, 15) is 13.2 Å². The first kappa shape index (κ1) is 16.9. The van der Waals surface area contributed by atoms with E-state index in [1.54, 1.807) is 36.1 Å². The minimum atomic E-state index is -3.50. The molecule has 0 saturated heterocycles. The maximum atomic E-state index is 13.1. The number of benzene rings is 2. The molecule has 2 aromatic rings. The second-order valence-corrected chi connectivity index (χ2v) is 8.56. The summed E-state index contributed by atoms with van der Waals surface area (Å²) >= 11 is 0. The van der Waals surface area contributed by atoms with Gasteiger partial charge < -0.3 is 9.64 Å². The van der Waals surface area contributed by atoms with Crippen molar-refractivity contribution in [2.75, 3.05) is 28.0 Å². The number of fused-ring (bicyclic) bond motifs is 2. The third-order valence-electron chi connectivity index (χ3n) is 4.86. The van der Waals surface area contributed by atoms with Crippen LogP contribution >= 0.6 is 0 Å². The van der Waals surface area contributed by atoms with Gasteiger partial charge in [-0.2, -0.15) is 0 Å². The molecule has 0 fully saturated rings. The van der Waals surface area contributed by atoms with E-state index < -0.39 is 16.1 Å². The zero-order valence-corrected chi connectivity index (χ0v) is 15.3. The number of carbonyl (C=O) groups excluding carboxylic acids is 1. The van der Waals surface area contributed by atoms with E-state index in [1.165, 1.54) is 4.31 Å². The lowest BCUT2D eigenvalue weighted by Gasteiger charge is -2.36. The van der Waals surface area contributed by atoms with Gasteiger partial charge in [0.1, 0.15) is 5.75 Å². The number of rotatable bonds is 3. The molecule has 6 nitrogen and oxygen atoms in total. The summed E-state index contributed by atoms with van der Waals surface area (Å²) in [5.41, 5.74) is 2.49. The van der Waals surface area contributed by atoms with Gasteiger partial charge in [-0.3, -0.25) is 9.10 Å². The van der Waals surface area contributed by atoms with Gasteiger partial charge in [0.15, 0.2) is 6.10 Å². The Kier molecular flexibility index (Phi) is 4.11. The van der Waals surface area contributed by atoms with E-state index in [-0.39, 0.29) is 18.2 Å². The van der Waals surface area contributed by atoms with Crippen LogP contribution in [0, 0.1) is 0 Å². The van der Waals surface area contributed by atoms with Crippen molar-refractivity contribution < 1.29 is 17.9 Å². The van der Waals surface area contributed by atoms with Crippen LogP contribution in [0.1, 0.15) is 12.5 Å². The fraction of sp³-hybridized carbons (Fsp3) is 0.316. The molecule has 2 aliphatic rings. The van der Waals surface area contributed by atoms with Crippen LogP contribution in [0.2, 0.25) is 0 Å². The average Bonchev–Trinajstić information content (AvgIpc) is 3.10. The molecule has 0 radical (unpaired) electrons. The molecule has 2 aromatic carbocycles. The number of hydrogen-bond donors (Lipinski definition) is 0. The summed E-state index contributed by atoms with van der Waals surface area (Å²) in [4.78, 5) is 14.8. The Morgan fingerprint density at radius 3 is 2.58 bits per heavy atom. The molecule has 2 aliphatic heterocycles. The predicted molar refractivity (Wildman–Crippen MR) is 100 cm³/mol. The first-order valence-electron chi connectivity index (χ1n) is 8.66. The lowest BCUT2D eigenvalue weighted by atomic mass is 10.1. The van der Waals surface area contributed by atoms with Gasteiger partial charge in [0, 0.05) is 12.2 Å². The van der Waals surface area contributed by atoms with Crippen LogP contribution in [0.4, 0.5) is 11.4 Å². The molecule has 1 amide bonds. The maximum absolute atomic E-state index is 13.1. The second-order valence-electron chi connectivity index (χ2n) is 6.37. The van der Waals surface area contributed by atoms with Gasteiger partial charge in [-0.15, -0.1) is 0 Å². The van der Waals surface area contributed by atoms with Gasteiger partial charge in [-0.25, -0.2) is 8.42 Å². The highest BCUT2D eigenvalue weighted by Crippen LogP contribution is 2.36. The summed E-state index contributed by atoms with van der Waals surface area (Å²) in [6.07, 6.45) is -0.0697. The first-order valence-corrected chi connectivity index (χ1v) is 10.3. The fourth-order valence-electron chi connectivity index (χ4n) is 3.49. The lowest BCUT2D eigenvalue weighted by molar-refractivity contribution is -0.125. The van der Waals surface area contributed by atoms with Crippen molar-refractivity contribution in [3.8, 4) is 5.75 Å². The molecule has 0 aliphatic carbocycles. The molecule has 2 heterocycles. The molecule has 0 saturated carbocycles. The number of carbonyl (C=O) groups is 1. The van der Waals surface area contributed by atoms with Crippen LogP contribution in [-0.2, 0) is 21.2 Å². The minimum Gasteiger partial charge on any atom is -0.476 e. The van der Waals surface area contributed by atoms with E-state index >= 15 is 0 Å². The summed E-state index contributed by atoms with van der Waals surface area (Å²) in [5, 5.41) is 0. The summed E-state index contributed by atoms with van der Waals surface area (Å²) in [6.45, 7) is 2.17. The van der Waals surface area contributed by atoms with Crippen molar-refractivity contribution in [1.29, 1.82) is 0 Å². The topological polar surface area (TPSA) is 66.9 Å². The monoisotopic (exact) mass is 372 g/mol. The molecule has 1 atom stereocenters. The molecular formula is C19H20N2O4S. The van der Waals surface area contributed by atoms with Gasteiger partial charge in [0.25, 0.3) is 5.91 Å². The molecule has 7 heteroatoms. The first-order chi connectivity index (χ1) is 12.5. The highest BCUT2D eigenvalue weighted by molar-refractivity contribution is 7.92. The SMILES string of the molecule is CCS(=O)(=O)N1C[C@@H](C(=O)N2CCc3ccccc32)Oc2ccccc21. The predicted octanol–water partition coefficient (Wildman–Crippen LogP) is 2.19. The van der Waals surface area contributed by atoms with Crippen molar-refractivity contribution in [3.05, 3.63) is 54.1 Å². The molecule has 0 unspecified atom stereocenters. The summed E-state index contributed by atoms with van der Waals surface area (Å²) in [6, 6.07) is 14.7. The lowest BCUT2D eigenvalue weighted by Crippen LogP contribution is -2.52. The number of ether oxygens (including phenoxy) is 1. The number of sulfonamides is 1. The second kappa shape index (κ2) is 6.32. The third-order valence-corrected chi connectivity index (χ3v) is 6.61. The van der Waals surface area contributed by atoms with Gasteiger partial charge in [-0.05, 0) is 37.1 Å². The molecular weight excluding hydrogens is 352 g/mol. The minimum absolute atomic E-state index is 0.00924. The largest absolute Gasteiger partial charge is 0.476 e. The van der Waals surface area contributed by atoms with E-state index in [0.29, 0.717) is 18.0 Å². The molecule has 0 spiro atoms. The van der Waals surface area contributed by atoms with E-state index in [1.807, 2.05) is 24.3 Å². The Morgan fingerprint density at radius 2 is 1.81 bits per heavy atom. The quantitative estimate of drug-likeness (QED) is 0.828. The van der Waals surface area contributed by atoms with Gasteiger partial charge >= 0.3 is 0 Å². The van der Waals surface area contributed by atoms with Crippen LogP contribution in [0.3, 0.4) is 0 Å². The Balaban J connectivity index is 1.68. The van der Waals surface area contributed by atoms with Gasteiger partial charge in [-0.1, -0.05) is 30.3 Å². The number of amides is 1. The number of para-hydroxylation sites is 3. The van der Waals surface area contributed by atoms with Crippen molar-refractivity contribution in [3.63, 3.8) is 0 Å². The third kappa shape index (κ3) is 2.72. The molecule has 0 N–H and O–H groups in total. The highest BCUT2D eigenvalue weighted by atomic mass is 32.2. The van der Waals surface area contributed by atoms with E-state index in [2.05, 4.69) is 0 Å². The van der Waals surface area contributed by atoms with Crippen molar-refractivity contribution in [2.24, 2.45) is 0 Å². The number of anilines is 2. The fourth-order valence-corrected chi connectivity index (χ4v) is 4.62. The zero-order valence-electron chi connectivity index (χ0n) is 14.5. The van der Waals surface area contributed by atoms with Gasteiger partial charge in [0.05, 0.1) is 18.0 Å². The van der Waals surface area contributed by atoms with Crippen LogP contribution in [-0.4, -0.2) is 39.3 Å².